The minimum Gasteiger partial charge on any atom is -0.465 e. The molecule has 0 aliphatic rings. The summed E-state index contributed by atoms with van der Waals surface area (Å²) in [6.45, 7) is 0. The molecule has 0 spiro atoms. The predicted octanol–water partition coefficient (Wildman–Crippen LogP) is 5.02. The first-order valence-electron chi connectivity index (χ1n) is 6.65. The third-order valence-electron chi connectivity index (χ3n) is 3.99. The van der Waals surface area contributed by atoms with Crippen LogP contribution in [0.1, 0.15) is 10.4 Å². The number of ether oxygens (including phenoxy) is 1. The van der Waals surface area contributed by atoms with Crippen molar-refractivity contribution in [2.75, 3.05) is 7.11 Å². The van der Waals surface area contributed by atoms with Crippen molar-refractivity contribution < 1.29 is 9.53 Å². The largest absolute Gasteiger partial charge is 0.465 e. The van der Waals surface area contributed by atoms with Crippen LogP contribution in [0.4, 0.5) is 0 Å². The third-order valence-corrected chi connectivity index (χ3v) is 4.29. The molecular formula is C18H11ClO2. The standard InChI is InChI=1S/C18H11ClO2/c1-21-18(20)17-13-8-7-11-4-2-3-10-5-6-12(9-14(17)19)16(13)15(10)11/h2-9H,1H3. The van der Waals surface area contributed by atoms with Crippen molar-refractivity contribution in [2.24, 2.45) is 0 Å². The Bertz CT molecular complexity index is 989. The Kier molecular flexibility index (Phi) is 2.57. The molecular weight excluding hydrogens is 284 g/mol. The molecule has 0 fully saturated rings. The topological polar surface area (TPSA) is 26.3 Å². The Hall–Kier alpha value is -2.32. The van der Waals surface area contributed by atoms with Crippen molar-refractivity contribution in [1.29, 1.82) is 0 Å². The maximum Gasteiger partial charge on any atom is 0.340 e. The molecule has 0 heterocycles. The van der Waals surface area contributed by atoms with Gasteiger partial charge in [0.15, 0.2) is 0 Å². The predicted molar refractivity (Wildman–Crippen MR) is 86.5 cm³/mol. The highest BCUT2D eigenvalue weighted by Gasteiger charge is 2.18. The van der Waals surface area contributed by atoms with E-state index in [1.807, 2.05) is 30.3 Å². The molecule has 21 heavy (non-hydrogen) atoms. The average molecular weight is 295 g/mol. The normalized spacial score (nSPS) is 11.5. The van der Waals surface area contributed by atoms with E-state index < -0.39 is 5.97 Å². The first-order chi connectivity index (χ1) is 10.2. The molecule has 4 rings (SSSR count). The summed E-state index contributed by atoms with van der Waals surface area (Å²) in [5, 5.41) is 6.84. The molecule has 102 valence electrons. The summed E-state index contributed by atoms with van der Waals surface area (Å²) in [5.41, 5.74) is 0.435. The lowest BCUT2D eigenvalue weighted by Gasteiger charge is -2.14. The van der Waals surface area contributed by atoms with Crippen molar-refractivity contribution in [1.82, 2.24) is 0 Å². The van der Waals surface area contributed by atoms with Crippen LogP contribution in [0.5, 0.6) is 0 Å². The van der Waals surface area contributed by atoms with Crippen LogP contribution in [-0.2, 0) is 4.74 Å². The first kappa shape index (κ1) is 12.4. The van der Waals surface area contributed by atoms with Crippen LogP contribution in [0, 0.1) is 0 Å². The highest BCUT2D eigenvalue weighted by molar-refractivity contribution is 6.38. The van der Waals surface area contributed by atoms with E-state index in [9.17, 15) is 4.79 Å². The highest BCUT2D eigenvalue weighted by Crippen LogP contribution is 2.38. The van der Waals surface area contributed by atoms with Gasteiger partial charge in [0.25, 0.3) is 0 Å². The molecule has 0 aromatic heterocycles. The van der Waals surface area contributed by atoms with Crippen molar-refractivity contribution in [2.45, 2.75) is 0 Å². The molecule has 0 aliphatic carbocycles. The van der Waals surface area contributed by atoms with Gasteiger partial charge in [-0.2, -0.15) is 0 Å². The number of carbonyl (C=O) groups is 1. The maximum absolute atomic E-state index is 12.1. The molecule has 0 unspecified atom stereocenters. The summed E-state index contributed by atoms with van der Waals surface area (Å²) in [5.74, 6) is -0.405. The number of rotatable bonds is 1. The summed E-state index contributed by atoms with van der Waals surface area (Å²) < 4.78 is 4.88. The quantitative estimate of drug-likeness (QED) is 0.364. The Labute approximate surface area is 126 Å². The Morgan fingerprint density at radius 3 is 2.33 bits per heavy atom. The van der Waals surface area contributed by atoms with Gasteiger partial charge in [0.05, 0.1) is 17.7 Å². The fraction of sp³-hybridized carbons (Fsp3) is 0.0556. The van der Waals surface area contributed by atoms with E-state index in [2.05, 4.69) is 18.2 Å². The summed E-state index contributed by atoms with van der Waals surface area (Å²) in [6.07, 6.45) is 0. The summed E-state index contributed by atoms with van der Waals surface area (Å²) in [6, 6.07) is 16.1. The van der Waals surface area contributed by atoms with Crippen molar-refractivity contribution >= 4 is 49.9 Å². The summed E-state index contributed by atoms with van der Waals surface area (Å²) in [4.78, 5) is 12.1. The zero-order valence-corrected chi connectivity index (χ0v) is 12.1. The van der Waals surface area contributed by atoms with Crippen LogP contribution in [0.15, 0.2) is 48.5 Å². The highest BCUT2D eigenvalue weighted by atomic mass is 35.5. The van der Waals surface area contributed by atoms with Gasteiger partial charge in [0.1, 0.15) is 0 Å². The van der Waals surface area contributed by atoms with E-state index in [0.717, 1.165) is 32.3 Å². The molecule has 0 atom stereocenters. The Balaban J connectivity index is 2.32. The molecule has 0 N–H and O–H groups in total. The number of esters is 1. The fourth-order valence-corrected chi connectivity index (χ4v) is 3.38. The number of methoxy groups -OCH3 is 1. The molecule has 0 aliphatic heterocycles. The zero-order valence-electron chi connectivity index (χ0n) is 11.3. The second-order valence-electron chi connectivity index (χ2n) is 5.08. The van der Waals surface area contributed by atoms with Gasteiger partial charge >= 0.3 is 5.97 Å². The number of carbonyl (C=O) groups excluding carboxylic acids is 1. The lowest BCUT2D eigenvalue weighted by Crippen LogP contribution is -2.03. The smallest absolute Gasteiger partial charge is 0.340 e. The number of benzene rings is 4. The van der Waals surface area contributed by atoms with E-state index >= 15 is 0 Å². The van der Waals surface area contributed by atoms with Gasteiger partial charge in [0.2, 0.25) is 0 Å². The summed E-state index contributed by atoms with van der Waals surface area (Å²) in [7, 11) is 1.37. The number of hydrogen-bond acceptors (Lipinski definition) is 2. The number of halogens is 1. The van der Waals surface area contributed by atoms with Gasteiger partial charge < -0.3 is 4.74 Å². The molecule has 0 saturated carbocycles. The van der Waals surface area contributed by atoms with E-state index in [4.69, 9.17) is 16.3 Å². The second kappa shape index (κ2) is 4.34. The van der Waals surface area contributed by atoms with Crippen LogP contribution >= 0.6 is 11.6 Å². The van der Waals surface area contributed by atoms with E-state index in [1.54, 1.807) is 0 Å². The Morgan fingerprint density at radius 2 is 1.62 bits per heavy atom. The van der Waals surface area contributed by atoms with Crippen LogP contribution in [-0.4, -0.2) is 13.1 Å². The van der Waals surface area contributed by atoms with E-state index in [-0.39, 0.29) is 0 Å². The van der Waals surface area contributed by atoms with Crippen LogP contribution in [0.2, 0.25) is 5.02 Å². The summed E-state index contributed by atoms with van der Waals surface area (Å²) >= 11 is 6.30. The van der Waals surface area contributed by atoms with Gasteiger partial charge in [-0.05, 0) is 38.4 Å². The lowest BCUT2D eigenvalue weighted by atomic mass is 9.92. The molecule has 4 aromatic rings. The maximum atomic E-state index is 12.1. The van der Waals surface area contributed by atoms with Gasteiger partial charge in [0, 0.05) is 0 Å². The molecule has 4 aromatic carbocycles. The average Bonchev–Trinajstić information content (AvgIpc) is 2.51. The SMILES string of the molecule is COC(=O)c1c(Cl)cc2ccc3cccc4ccc1c2c34. The molecule has 3 heteroatoms. The number of hydrogen-bond donors (Lipinski definition) is 0. The fourth-order valence-electron chi connectivity index (χ4n) is 3.08. The van der Waals surface area contributed by atoms with Crippen molar-refractivity contribution in [3.8, 4) is 0 Å². The van der Waals surface area contributed by atoms with Gasteiger partial charge in [-0.25, -0.2) is 4.79 Å². The molecule has 2 nitrogen and oxygen atoms in total. The minimum atomic E-state index is -0.405. The lowest BCUT2D eigenvalue weighted by molar-refractivity contribution is 0.0603. The molecule has 0 saturated heterocycles. The monoisotopic (exact) mass is 294 g/mol. The molecule has 0 amide bonds. The minimum absolute atomic E-state index is 0.405. The van der Waals surface area contributed by atoms with E-state index in [0.29, 0.717) is 10.6 Å². The first-order valence-corrected chi connectivity index (χ1v) is 7.03. The molecule has 0 radical (unpaired) electrons. The van der Waals surface area contributed by atoms with Gasteiger partial charge in [-0.3, -0.25) is 0 Å². The van der Waals surface area contributed by atoms with Gasteiger partial charge in [-0.15, -0.1) is 0 Å². The third kappa shape index (κ3) is 1.63. The van der Waals surface area contributed by atoms with Crippen molar-refractivity contribution in [3.63, 3.8) is 0 Å². The van der Waals surface area contributed by atoms with Crippen LogP contribution in [0.3, 0.4) is 0 Å². The molecule has 0 bridgehead atoms. The van der Waals surface area contributed by atoms with Gasteiger partial charge in [-0.1, -0.05) is 54.1 Å². The van der Waals surface area contributed by atoms with Crippen LogP contribution in [0.25, 0.3) is 32.3 Å². The van der Waals surface area contributed by atoms with E-state index in [1.165, 1.54) is 7.11 Å². The Morgan fingerprint density at radius 1 is 0.952 bits per heavy atom. The van der Waals surface area contributed by atoms with Crippen molar-refractivity contribution in [3.05, 3.63) is 59.1 Å². The van der Waals surface area contributed by atoms with Crippen LogP contribution < -0.4 is 0 Å². The zero-order chi connectivity index (χ0) is 14.6. The second-order valence-corrected chi connectivity index (χ2v) is 5.49.